The lowest BCUT2D eigenvalue weighted by Gasteiger charge is -2.34. The van der Waals surface area contributed by atoms with Crippen LogP contribution in [0.5, 0.6) is 0 Å². The maximum absolute atomic E-state index is 11.9. The average Bonchev–Trinajstić information content (AvgIpc) is 2.25. The second-order valence-corrected chi connectivity index (χ2v) is 5.69. The number of nitrogens with one attached hydrogen (secondary N) is 2. The van der Waals surface area contributed by atoms with Crippen molar-refractivity contribution >= 4 is 6.03 Å². The van der Waals surface area contributed by atoms with Crippen molar-refractivity contribution in [3.63, 3.8) is 0 Å². The molecule has 1 aliphatic heterocycles. The van der Waals surface area contributed by atoms with Crippen molar-refractivity contribution in [1.29, 1.82) is 0 Å². The highest BCUT2D eigenvalue weighted by Gasteiger charge is 2.23. The van der Waals surface area contributed by atoms with Gasteiger partial charge in [0.1, 0.15) is 0 Å². The molecule has 0 bridgehead atoms. The molecule has 1 fully saturated rings. The van der Waals surface area contributed by atoms with Crippen LogP contribution in [-0.4, -0.2) is 42.6 Å². The van der Waals surface area contributed by atoms with Crippen LogP contribution >= 0.6 is 0 Å². The number of carbonyl (C=O) groups excluding carboxylic acids is 1. The molecule has 2 amide bonds. The van der Waals surface area contributed by atoms with Gasteiger partial charge in [-0.1, -0.05) is 27.7 Å². The largest absolute Gasteiger partial charge is 0.338 e. The first-order chi connectivity index (χ1) is 7.99. The molecule has 4 heteroatoms. The van der Waals surface area contributed by atoms with E-state index >= 15 is 0 Å². The van der Waals surface area contributed by atoms with E-state index in [4.69, 9.17) is 0 Å². The fourth-order valence-corrected chi connectivity index (χ4v) is 2.17. The summed E-state index contributed by atoms with van der Waals surface area (Å²) in [5.41, 5.74) is 0. The maximum atomic E-state index is 11.9. The van der Waals surface area contributed by atoms with Gasteiger partial charge in [-0.2, -0.15) is 0 Å². The summed E-state index contributed by atoms with van der Waals surface area (Å²) in [6.45, 7) is 11.0. The van der Waals surface area contributed by atoms with Crippen LogP contribution < -0.4 is 10.6 Å². The molecule has 17 heavy (non-hydrogen) atoms. The molecule has 1 rings (SSSR count). The van der Waals surface area contributed by atoms with Crippen molar-refractivity contribution in [2.45, 2.75) is 52.6 Å². The Morgan fingerprint density at radius 1 is 1.35 bits per heavy atom. The number of hydrogen-bond donors (Lipinski definition) is 2. The van der Waals surface area contributed by atoms with E-state index in [2.05, 4.69) is 38.3 Å². The summed E-state index contributed by atoms with van der Waals surface area (Å²) >= 11 is 0. The molecule has 0 aliphatic carbocycles. The minimum atomic E-state index is 0.0916. The van der Waals surface area contributed by atoms with E-state index in [-0.39, 0.29) is 6.03 Å². The SMILES string of the molecule is CC(C)CNC(=O)N1CCCC(NC(C)C)C1. The zero-order valence-corrected chi connectivity index (χ0v) is 11.6. The molecule has 1 heterocycles. The summed E-state index contributed by atoms with van der Waals surface area (Å²) in [5.74, 6) is 0.508. The first-order valence-electron chi connectivity index (χ1n) is 6.78. The third-order valence-corrected chi connectivity index (χ3v) is 2.94. The van der Waals surface area contributed by atoms with E-state index < -0.39 is 0 Å². The maximum Gasteiger partial charge on any atom is 0.317 e. The number of likely N-dealkylation sites (tertiary alicyclic amines) is 1. The van der Waals surface area contributed by atoms with Crippen LogP contribution in [0.25, 0.3) is 0 Å². The van der Waals surface area contributed by atoms with Crippen molar-refractivity contribution in [2.24, 2.45) is 5.92 Å². The number of urea groups is 1. The summed E-state index contributed by atoms with van der Waals surface area (Å²) in [7, 11) is 0. The van der Waals surface area contributed by atoms with Crippen molar-refractivity contribution in [3.8, 4) is 0 Å². The number of hydrogen-bond acceptors (Lipinski definition) is 2. The van der Waals surface area contributed by atoms with Gasteiger partial charge in [0, 0.05) is 31.7 Å². The zero-order valence-electron chi connectivity index (χ0n) is 11.6. The molecule has 0 aromatic heterocycles. The molecule has 1 aliphatic rings. The van der Waals surface area contributed by atoms with Crippen LogP contribution in [0.1, 0.15) is 40.5 Å². The van der Waals surface area contributed by atoms with Crippen molar-refractivity contribution in [3.05, 3.63) is 0 Å². The first-order valence-corrected chi connectivity index (χ1v) is 6.78. The van der Waals surface area contributed by atoms with E-state index in [0.717, 1.165) is 26.1 Å². The monoisotopic (exact) mass is 241 g/mol. The Morgan fingerprint density at radius 2 is 2.06 bits per heavy atom. The van der Waals surface area contributed by atoms with Crippen LogP contribution in [0.3, 0.4) is 0 Å². The molecule has 2 N–H and O–H groups in total. The third kappa shape index (κ3) is 5.39. The van der Waals surface area contributed by atoms with Crippen LogP contribution in [0.4, 0.5) is 4.79 Å². The summed E-state index contributed by atoms with van der Waals surface area (Å²) in [4.78, 5) is 13.9. The van der Waals surface area contributed by atoms with Gasteiger partial charge in [0.15, 0.2) is 0 Å². The fourth-order valence-electron chi connectivity index (χ4n) is 2.17. The van der Waals surface area contributed by atoms with Gasteiger partial charge in [0.25, 0.3) is 0 Å². The minimum absolute atomic E-state index is 0.0916. The Hall–Kier alpha value is -0.770. The van der Waals surface area contributed by atoms with Crippen molar-refractivity contribution in [1.82, 2.24) is 15.5 Å². The lowest BCUT2D eigenvalue weighted by molar-refractivity contribution is 0.170. The van der Waals surface area contributed by atoms with Crippen molar-refractivity contribution < 1.29 is 4.79 Å². The van der Waals surface area contributed by atoms with E-state index in [0.29, 0.717) is 18.0 Å². The highest BCUT2D eigenvalue weighted by atomic mass is 16.2. The summed E-state index contributed by atoms with van der Waals surface area (Å²) in [6.07, 6.45) is 2.27. The first kappa shape index (κ1) is 14.3. The molecular formula is C13H27N3O. The number of amides is 2. The van der Waals surface area contributed by atoms with Gasteiger partial charge >= 0.3 is 6.03 Å². The molecule has 0 saturated carbocycles. The Balaban J connectivity index is 2.35. The fraction of sp³-hybridized carbons (Fsp3) is 0.923. The summed E-state index contributed by atoms with van der Waals surface area (Å²) in [5, 5.41) is 6.49. The number of nitrogens with zero attached hydrogens (tertiary/aromatic N) is 1. The lowest BCUT2D eigenvalue weighted by Crippen LogP contribution is -2.52. The molecule has 1 atom stereocenters. The third-order valence-electron chi connectivity index (χ3n) is 2.94. The Labute approximate surface area is 105 Å². The standard InChI is InChI=1S/C13H27N3O/c1-10(2)8-14-13(17)16-7-5-6-12(9-16)15-11(3)4/h10-12,15H,5-9H2,1-4H3,(H,14,17). The number of piperidine rings is 1. The Morgan fingerprint density at radius 3 is 2.65 bits per heavy atom. The number of rotatable bonds is 4. The summed E-state index contributed by atoms with van der Waals surface area (Å²) in [6, 6.07) is 1.03. The smallest absolute Gasteiger partial charge is 0.317 e. The van der Waals surface area contributed by atoms with E-state index in [1.165, 1.54) is 6.42 Å². The molecule has 1 saturated heterocycles. The molecule has 0 aromatic rings. The van der Waals surface area contributed by atoms with Crippen LogP contribution in [0.2, 0.25) is 0 Å². The van der Waals surface area contributed by atoms with Crippen molar-refractivity contribution in [2.75, 3.05) is 19.6 Å². The van der Waals surface area contributed by atoms with E-state index in [1.807, 2.05) is 4.90 Å². The average molecular weight is 241 g/mol. The predicted octanol–water partition coefficient (Wildman–Crippen LogP) is 1.81. The lowest BCUT2D eigenvalue weighted by atomic mass is 10.1. The van der Waals surface area contributed by atoms with Gasteiger partial charge in [-0.3, -0.25) is 0 Å². The molecule has 4 nitrogen and oxygen atoms in total. The molecule has 1 unspecified atom stereocenters. The normalized spacial score (nSPS) is 21.1. The van der Waals surface area contributed by atoms with Gasteiger partial charge in [-0.05, 0) is 18.8 Å². The van der Waals surface area contributed by atoms with Crippen LogP contribution in [0, 0.1) is 5.92 Å². The highest BCUT2D eigenvalue weighted by Crippen LogP contribution is 2.10. The molecule has 0 aromatic carbocycles. The summed E-state index contributed by atoms with van der Waals surface area (Å²) < 4.78 is 0. The quantitative estimate of drug-likeness (QED) is 0.788. The van der Waals surface area contributed by atoms with Crippen LogP contribution in [-0.2, 0) is 0 Å². The molecule has 0 spiro atoms. The molecular weight excluding hydrogens is 214 g/mol. The Bertz CT molecular complexity index is 241. The topological polar surface area (TPSA) is 44.4 Å². The van der Waals surface area contributed by atoms with Gasteiger partial charge in [0.2, 0.25) is 0 Å². The minimum Gasteiger partial charge on any atom is -0.338 e. The zero-order chi connectivity index (χ0) is 12.8. The molecule has 0 radical (unpaired) electrons. The second-order valence-electron chi connectivity index (χ2n) is 5.69. The van der Waals surface area contributed by atoms with Gasteiger partial charge in [-0.25, -0.2) is 4.79 Å². The van der Waals surface area contributed by atoms with Gasteiger partial charge < -0.3 is 15.5 Å². The second kappa shape index (κ2) is 6.84. The molecule has 100 valence electrons. The highest BCUT2D eigenvalue weighted by molar-refractivity contribution is 5.74. The van der Waals surface area contributed by atoms with Gasteiger partial charge in [-0.15, -0.1) is 0 Å². The number of carbonyl (C=O) groups is 1. The van der Waals surface area contributed by atoms with E-state index in [9.17, 15) is 4.79 Å². The van der Waals surface area contributed by atoms with Gasteiger partial charge in [0.05, 0.1) is 0 Å². The van der Waals surface area contributed by atoms with Crippen LogP contribution in [0.15, 0.2) is 0 Å². The van der Waals surface area contributed by atoms with E-state index in [1.54, 1.807) is 0 Å². The predicted molar refractivity (Wildman–Crippen MR) is 71.1 cm³/mol. The Kier molecular flexibility index (Phi) is 5.75.